The van der Waals surface area contributed by atoms with Crippen molar-refractivity contribution in [3.05, 3.63) is 41.9 Å². The first kappa shape index (κ1) is 15.3. The highest BCUT2D eigenvalue weighted by Gasteiger charge is 2.33. The number of hydrogen-bond acceptors (Lipinski definition) is 5. The molecule has 2 aromatic heterocycles. The van der Waals surface area contributed by atoms with Crippen LogP contribution < -0.4 is 5.32 Å². The van der Waals surface area contributed by atoms with Gasteiger partial charge in [-0.3, -0.25) is 4.57 Å². The van der Waals surface area contributed by atoms with E-state index in [9.17, 15) is 13.9 Å². The number of anilines is 1. The van der Waals surface area contributed by atoms with E-state index in [4.69, 9.17) is 0 Å². The maximum Gasteiger partial charge on any atom is 0.302 e. The number of thioether (sulfide) groups is 1. The van der Waals surface area contributed by atoms with Gasteiger partial charge in [0.15, 0.2) is 17.0 Å². The molecule has 0 saturated heterocycles. The molecule has 3 heterocycles. The average molecular weight is 348 g/mol. The number of pyridine rings is 1. The number of fused-ring (bicyclic) bond motifs is 2. The summed E-state index contributed by atoms with van der Waals surface area (Å²) in [6.07, 6.45) is 0. The highest BCUT2D eigenvalue weighted by Crippen LogP contribution is 2.40. The highest BCUT2D eigenvalue weighted by atomic mass is 32.2. The Hall–Kier alpha value is -2.19. The predicted octanol–water partition coefficient (Wildman–Crippen LogP) is 3.63. The quantitative estimate of drug-likeness (QED) is 0.740. The number of halogens is 2. The van der Waals surface area contributed by atoms with Crippen molar-refractivity contribution in [2.45, 2.75) is 30.2 Å². The third kappa shape index (κ3) is 2.42. The Morgan fingerprint density at radius 3 is 2.79 bits per heavy atom. The van der Waals surface area contributed by atoms with Gasteiger partial charge in [-0.2, -0.15) is 8.78 Å². The molecule has 1 aromatic carbocycles. The fourth-order valence-electron chi connectivity index (χ4n) is 2.74. The van der Waals surface area contributed by atoms with Gasteiger partial charge in [-0.15, -0.1) is 0 Å². The van der Waals surface area contributed by atoms with Gasteiger partial charge in [0, 0.05) is 17.5 Å². The third-order valence-electron chi connectivity index (χ3n) is 3.78. The second-order valence-corrected chi connectivity index (χ2v) is 6.87. The second-order valence-electron chi connectivity index (χ2n) is 5.75. The maximum absolute atomic E-state index is 14.1. The first-order valence-corrected chi connectivity index (χ1v) is 8.21. The van der Waals surface area contributed by atoms with Crippen molar-refractivity contribution in [3.63, 3.8) is 0 Å². The van der Waals surface area contributed by atoms with E-state index in [-0.39, 0.29) is 5.82 Å². The van der Waals surface area contributed by atoms with Crippen molar-refractivity contribution in [3.8, 4) is 5.69 Å². The zero-order chi connectivity index (χ0) is 17.1. The lowest BCUT2D eigenvalue weighted by atomic mass is 10.2. The van der Waals surface area contributed by atoms with Crippen molar-refractivity contribution in [2.24, 2.45) is 0 Å². The molecule has 0 radical (unpaired) electrons. The number of aliphatic hydroxyl groups excluding tert-OH is 1. The molecule has 124 valence electrons. The molecule has 0 fully saturated rings. The minimum absolute atomic E-state index is 0.355. The Morgan fingerprint density at radius 2 is 2.04 bits per heavy atom. The van der Waals surface area contributed by atoms with E-state index in [1.165, 1.54) is 16.3 Å². The van der Waals surface area contributed by atoms with Crippen molar-refractivity contribution in [1.29, 1.82) is 0 Å². The van der Waals surface area contributed by atoms with E-state index < -0.39 is 11.5 Å². The minimum atomic E-state index is -3.11. The number of aryl methyl sites for hydroxylation is 1. The Balaban J connectivity index is 1.99. The molecule has 2 N–H and O–H groups in total. The SMILES string of the molecule is Cc1ccc2nc(C(C)(F)F)n(-c3ccc4c(c3)SC(O)N4)c2n1. The van der Waals surface area contributed by atoms with Crippen molar-refractivity contribution >= 4 is 28.6 Å². The molecule has 0 amide bonds. The average Bonchev–Trinajstić information content (AvgIpc) is 3.04. The predicted molar refractivity (Wildman–Crippen MR) is 88.7 cm³/mol. The summed E-state index contributed by atoms with van der Waals surface area (Å²) in [7, 11) is 0. The number of hydrogen-bond donors (Lipinski definition) is 2. The van der Waals surface area contributed by atoms with E-state index in [0.29, 0.717) is 16.9 Å². The van der Waals surface area contributed by atoms with Crippen molar-refractivity contribution < 1.29 is 13.9 Å². The maximum atomic E-state index is 14.1. The fraction of sp³-hybridized carbons (Fsp3) is 0.250. The first-order valence-electron chi connectivity index (χ1n) is 7.33. The summed E-state index contributed by atoms with van der Waals surface area (Å²) in [5, 5.41) is 12.6. The normalized spacial score (nSPS) is 17.1. The summed E-state index contributed by atoms with van der Waals surface area (Å²) in [6, 6.07) is 8.66. The lowest BCUT2D eigenvalue weighted by Crippen LogP contribution is -2.15. The summed E-state index contributed by atoms with van der Waals surface area (Å²) < 4.78 is 29.6. The molecule has 1 atom stereocenters. The van der Waals surface area contributed by atoms with Gasteiger partial charge in [0.1, 0.15) is 5.52 Å². The molecule has 0 saturated carbocycles. The topological polar surface area (TPSA) is 63.0 Å². The summed E-state index contributed by atoms with van der Waals surface area (Å²) in [5.41, 5.74) is 2.11. The number of imidazole rings is 1. The zero-order valence-electron chi connectivity index (χ0n) is 12.9. The van der Waals surface area contributed by atoms with Crippen molar-refractivity contribution in [1.82, 2.24) is 14.5 Å². The zero-order valence-corrected chi connectivity index (χ0v) is 13.7. The van der Waals surface area contributed by atoms with Gasteiger partial charge in [-0.05, 0) is 37.3 Å². The molecule has 0 bridgehead atoms. The number of benzene rings is 1. The van der Waals surface area contributed by atoms with E-state index in [0.717, 1.165) is 23.2 Å². The molecule has 24 heavy (non-hydrogen) atoms. The first-order chi connectivity index (χ1) is 11.3. The van der Waals surface area contributed by atoms with E-state index in [1.54, 1.807) is 37.3 Å². The Bertz CT molecular complexity index is 951. The summed E-state index contributed by atoms with van der Waals surface area (Å²) >= 11 is 1.23. The molecule has 0 spiro atoms. The van der Waals surface area contributed by atoms with Crippen LogP contribution in [0.5, 0.6) is 0 Å². The van der Waals surface area contributed by atoms with Crippen LogP contribution in [0.4, 0.5) is 14.5 Å². The van der Waals surface area contributed by atoms with Gasteiger partial charge in [0.25, 0.3) is 0 Å². The van der Waals surface area contributed by atoms with Gasteiger partial charge in [0.2, 0.25) is 0 Å². The summed E-state index contributed by atoms with van der Waals surface area (Å²) in [4.78, 5) is 9.27. The molecule has 4 rings (SSSR count). The number of aromatic nitrogens is 3. The number of nitrogens with zero attached hydrogens (tertiary/aromatic N) is 3. The van der Waals surface area contributed by atoms with Crippen LogP contribution in [0, 0.1) is 6.92 Å². The molecule has 3 aromatic rings. The Labute approximate surface area is 140 Å². The molecule has 1 aliphatic heterocycles. The van der Waals surface area contributed by atoms with Crippen LogP contribution >= 0.6 is 11.8 Å². The number of aliphatic hydroxyl groups is 1. The monoisotopic (exact) mass is 348 g/mol. The van der Waals surface area contributed by atoms with Crippen LogP contribution in [0.3, 0.4) is 0 Å². The number of alkyl halides is 2. The van der Waals surface area contributed by atoms with Crippen LogP contribution in [0.1, 0.15) is 18.4 Å². The van der Waals surface area contributed by atoms with Gasteiger partial charge in [-0.1, -0.05) is 11.8 Å². The van der Waals surface area contributed by atoms with E-state index in [1.807, 2.05) is 0 Å². The standard InChI is InChI=1S/C16H14F2N4OS/c1-8-3-5-11-13(19-8)22(14(20-11)16(2,17)18)9-4-6-10-12(7-9)24-15(23)21-10/h3-7,15,21,23H,1-2H3. The van der Waals surface area contributed by atoms with Gasteiger partial charge in [0.05, 0.1) is 11.4 Å². The lowest BCUT2D eigenvalue weighted by Gasteiger charge is -2.14. The van der Waals surface area contributed by atoms with Crippen LogP contribution in [0.25, 0.3) is 16.9 Å². The Kier molecular flexibility index (Phi) is 3.29. The smallest absolute Gasteiger partial charge is 0.302 e. The fourth-order valence-corrected chi connectivity index (χ4v) is 3.61. The van der Waals surface area contributed by atoms with Gasteiger partial charge < -0.3 is 10.4 Å². The number of nitrogens with one attached hydrogen (secondary N) is 1. The third-order valence-corrected chi connectivity index (χ3v) is 4.71. The molecule has 1 unspecified atom stereocenters. The minimum Gasteiger partial charge on any atom is -0.364 e. The summed E-state index contributed by atoms with van der Waals surface area (Å²) in [5.74, 6) is -3.47. The molecule has 0 aliphatic carbocycles. The van der Waals surface area contributed by atoms with Crippen LogP contribution in [-0.2, 0) is 5.92 Å². The Morgan fingerprint density at radius 1 is 1.25 bits per heavy atom. The second kappa shape index (κ2) is 5.15. The van der Waals surface area contributed by atoms with Gasteiger partial charge in [-0.25, -0.2) is 9.97 Å². The molecular formula is C16H14F2N4OS. The largest absolute Gasteiger partial charge is 0.364 e. The van der Waals surface area contributed by atoms with E-state index in [2.05, 4.69) is 15.3 Å². The highest BCUT2D eigenvalue weighted by molar-refractivity contribution is 8.00. The van der Waals surface area contributed by atoms with Gasteiger partial charge >= 0.3 is 5.92 Å². The summed E-state index contributed by atoms with van der Waals surface area (Å²) in [6.45, 7) is 2.63. The van der Waals surface area contributed by atoms with Crippen LogP contribution in [0.15, 0.2) is 35.2 Å². The van der Waals surface area contributed by atoms with Crippen LogP contribution in [-0.4, -0.2) is 25.2 Å². The molecule has 5 nitrogen and oxygen atoms in total. The number of rotatable bonds is 2. The molecular weight excluding hydrogens is 334 g/mol. The van der Waals surface area contributed by atoms with Crippen molar-refractivity contribution in [2.75, 3.05) is 5.32 Å². The van der Waals surface area contributed by atoms with Crippen LogP contribution in [0.2, 0.25) is 0 Å². The van der Waals surface area contributed by atoms with E-state index >= 15 is 0 Å². The molecule has 8 heteroatoms. The molecule has 1 aliphatic rings. The lowest BCUT2D eigenvalue weighted by molar-refractivity contribution is 0.00667.